The van der Waals surface area contributed by atoms with Gasteiger partial charge in [0, 0.05) is 25.2 Å². The summed E-state index contributed by atoms with van der Waals surface area (Å²) in [5.74, 6) is 2.22. The summed E-state index contributed by atoms with van der Waals surface area (Å²) in [6, 6.07) is 5.00. The summed E-state index contributed by atoms with van der Waals surface area (Å²) < 4.78 is 10.9. The summed E-state index contributed by atoms with van der Waals surface area (Å²) in [5.41, 5.74) is 9.04. The Morgan fingerprint density at radius 3 is 2.45 bits per heavy atom. The Morgan fingerprint density at radius 1 is 1.18 bits per heavy atom. The zero-order chi connectivity index (χ0) is 14.3. The largest absolute Gasteiger partial charge is 1.00 e. The lowest BCUT2D eigenvalue weighted by atomic mass is 9.81. The van der Waals surface area contributed by atoms with E-state index in [0.717, 1.165) is 37.4 Å². The SMILES string of the molecule is COc1cc2c(cc1OC)[C@H]1C[C@H](N)[C@H](C)CN1CC2.[Cl-].[Cl-].[H+].[H+]. The van der Waals surface area contributed by atoms with Crippen molar-refractivity contribution in [3.05, 3.63) is 23.3 Å². The fourth-order valence-corrected chi connectivity index (χ4v) is 3.57. The molecule has 1 fully saturated rings. The van der Waals surface area contributed by atoms with Gasteiger partial charge in [-0.2, -0.15) is 0 Å². The van der Waals surface area contributed by atoms with Crippen LogP contribution >= 0.6 is 0 Å². The van der Waals surface area contributed by atoms with E-state index < -0.39 is 0 Å². The second-order valence-corrected chi connectivity index (χ2v) is 6.04. The lowest BCUT2D eigenvalue weighted by molar-refractivity contribution is -0.001000. The number of hydrogen-bond acceptors (Lipinski definition) is 4. The van der Waals surface area contributed by atoms with E-state index in [1.165, 1.54) is 11.1 Å². The van der Waals surface area contributed by atoms with Crippen LogP contribution in [-0.4, -0.2) is 38.3 Å². The predicted octanol–water partition coefficient (Wildman–Crippen LogP) is -3.80. The number of benzene rings is 1. The van der Waals surface area contributed by atoms with E-state index in [0.29, 0.717) is 12.0 Å². The fourth-order valence-electron chi connectivity index (χ4n) is 3.57. The van der Waals surface area contributed by atoms with E-state index in [1.807, 2.05) is 0 Å². The molecule has 22 heavy (non-hydrogen) atoms. The zero-order valence-corrected chi connectivity index (χ0v) is 14.8. The first-order valence-electron chi connectivity index (χ1n) is 7.38. The smallest absolute Gasteiger partial charge is 1.00 e. The standard InChI is InChI=1S/C16H24N2O2.2ClH/c1-10-9-18-5-4-11-6-15(19-2)16(20-3)7-12(11)14(18)8-13(10)17;;/h6-7,10,13-14H,4-5,8-9,17H2,1-3H3;2*1H/t10-,13+,14-;;/m1../s1. The topological polar surface area (TPSA) is 47.7 Å². The van der Waals surface area contributed by atoms with Gasteiger partial charge < -0.3 is 40.0 Å². The third kappa shape index (κ3) is 3.30. The number of rotatable bonds is 2. The van der Waals surface area contributed by atoms with Crippen molar-refractivity contribution in [2.75, 3.05) is 27.3 Å². The van der Waals surface area contributed by atoms with Crippen molar-refractivity contribution in [1.82, 2.24) is 4.90 Å². The molecule has 0 spiro atoms. The van der Waals surface area contributed by atoms with Gasteiger partial charge in [0.2, 0.25) is 0 Å². The van der Waals surface area contributed by atoms with Crippen LogP contribution in [-0.2, 0) is 6.42 Å². The summed E-state index contributed by atoms with van der Waals surface area (Å²) in [4.78, 5) is 2.57. The molecule has 0 unspecified atom stereocenters. The van der Waals surface area contributed by atoms with Gasteiger partial charge in [0.1, 0.15) is 0 Å². The molecule has 2 aliphatic rings. The van der Waals surface area contributed by atoms with Crippen molar-refractivity contribution < 1.29 is 37.1 Å². The normalized spacial score (nSPS) is 26.8. The maximum Gasteiger partial charge on any atom is 1.00 e. The first-order valence-corrected chi connectivity index (χ1v) is 7.38. The molecule has 3 atom stereocenters. The average Bonchev–Trinajstić information content (AvgIpc) is 2.47. The van der Waals surface area contributed by atoms with Crippen molar-refractivity contribution >= 4 is 0 Å². The van der Waals surface area contributed by atoms with Crippen molar-refractivity contribution in [3.63, 3.8) is 0 Å². The molecule has 1 saturated heterocycles. The maximum absolute atomic E-state index is 6.29. The molecule has 1 aromatic rings. The third-order valence-corrected chi connectivity index (χ3v) is 4.86. The minimum Gasteiger partial charge on any atom is -1.00 e. The molecule has 2 N–H and O–H groups in total. The molecular weight excluding hydrogens is 323 g/mol. The van der Waals surface area contributed by atoms with Crippen LogP contribution in [0.25, 0.3) is 0 Å². The van der Waals surface area contributed by atoms with Crippen molar-refractivity contribution in [3.8, 4) is 11.5 Å². The molecule has 0 saturated carbocycles. The first kappa shape index (κ1) is 19.4. The van der Waals surface area contributed by atoms with Crippen LogP contribution in [0, 0.1) is 5.92 Å². The number of hydrogen-bond donors (Lipinski definition) is 1. The lowest BCUT2D eigenvalue weighted by Crippen LogP contribution is -3.00. The monoisotopic (exact) mass is 348 g/mol. The summed E-state index contributed by atoms with van der Waals surface area (Å²) in [6.45, 7) is 4.47. The van der Waals surface area contributed by atoms with Gasteiger partial charge in [0.05, 0.1) is 14.2 Å². The summed E-state index contributed by atoms with van der Waals surface area (Å²) in [5, 5.41) is 0. The van der Waals surface area contributed by atoms with Crippen LogP contribution in [0.3, 0.4) is 0 Å². The van der Waals surface area contributed by atoms with E-state index >= 15 is 0 Å². The molecule has 3 rings (SSSR count). The third-order valence-electron chi connectivity index (χ3n) is 4.86. The molecule has 1 aromatic carbocycles. The minimum atomic E-state index is 0. The number of halogens is 2. The fraction of sp³-hybridized carbons (Fsp3) is 0.625. The minimum absolute atomic E-state index is 0. The molecule has 0 bridgehead atoms. The highest BCUT2D eigenvalue weighted by Crippen LogP contribution is 2.42. The van der Waals surface area contributed by atoms with Crippen molar-refractivity contribution in [1.29, 1.82) is 0 Å². The molecule has 0 amide bonds. The molecule has 2 aliphatic heterocycles. The first-order chi connectivity index (χ1) is 9.63. The van der Waals surface area contributed by atoms with Gasteiger partial charge in [0.25, 0.3) is 0 Å². The Labute approximate surface area is 148 Å². The van der Waals surface area contributed by atoms with Gasteiger partial charge in [-0.25, -0.2) is 0 Å². The van der Waals surface area contributed by atoms with Gasteiger partial charge in [-0.1, -0.05) is 6.92 Å². The van der Waals surface area contributed by atoms with Crippen LogP contribution in [0.2, 0.25) is 0 Å². The Hall–Kier alpha value is -0.680. The quantitative estimate of drug-likeness (QED) is 0.595. The lowest BCUT2D eigenvalue weighted by Gasteiger charge is -2.45. The maximum atomic E-state index is 6.29. The number of methoxy groups -OCH3 is 2. The molecule has 126 valence electrons. The molecule has 0 aromatic heterocycles. The van der Waals surface area contributed by atoms with E-state index in [4.69, 9.17) is 15.2 Å². The van der Waals surface area contributed by atoms with E-state index in [2.05, 4.69) is 24.0 Å². The second kappa shape index (κ2) is 7.73. The van der Waals surface area contributed by atoms with Crippen LogP contribution in [0.1, 0.15) is 33.4 Å². The van der Waals surface area contributed by atoms with Crippen molar-refractivity contribution in [2.24, 2.45) is 11.7 Å². The summed E-state index contributed by atoms with van der Waals surface area (Å²) in [6.07, 6.45) is 2.11. The average molecular weight is 349 g/mol. The van der Waals surface area contributed by atoms with Crippen LogP contribution in [0.5, 0.6) is 11.5 Å². The summed E-state index contributed by atoms with van der Waals surface area (Å²) in [7, 11) is 3.39. The second-order valence-electron chi connectivity index (χ2n) is 6.04. The van der Waals surface area contributed by atoms with Crippen LogP contribution in [0.4, 0.5) is 0 Å². The zero-order valence-electron chi connectivity index (χ0n) is 15.3. The van der Waals surface area contributed by atoms with E-state index in [9.17, 15) is 0 Å². The Kier molecular flexibility index (Phi) is 6.81. The van der Waals surface area contributed by atoms with Crippen LogP contribution in [0.15, 0.2) is 12.1 Å². The Balaban J connectivity index is 0. The highest BCUT2D eigenvalue weighted by Gasteiger charge is 2.36. The highest BCUT2D eigenvalue weighted by atomic mass is 35.5. The van der Waals surface area contributed by atoms with Crippen molar-refractivity contribution in [2.45, 2.75) is 31.8 Å². The van der Waals surface area contributed by atoms with E-state index in [-0.39, 0.29) is 33.7 Å². The summed E-state index contributed by atoms with van der Waals surface area (Å²) >= 11 is 0. The van der Waals surface area contributed by atoms with Gasteiger partial charge in [-0.05, 0) is 42.0 Å². The van der Waals surface area contributed by atoms with Crippen LogP contribution < -0.4 is 40.0 Å². The Bertz CT molecular complexity index is 523. The van der Waals surface area contributed by atoms with Gasteiger partial charge >= 0.3 is 2.85 Å². The van der Waals surface area contributed by atoms with Gasteiger partial charge in [0.15, 0.2) is 11.5 Å². The number of piperidine rings is 1. The number of fused-ring (bicyclic) bond motifs is 3. The molecular formula is C16H26Cl2N2O2. The predicted molar refractivity (Wildman–Crippen MR) is 81.5 cm³/mol. The molecule has 0 aliphatic carbocycles. The van der Waals surface area contributed by atoms with Gasteiger partial charge in [-0.15, -0.1) is 0 Å². The molecule has 2 heterocycles. The molecule has 4 nitrogen and oxygen atoms in total. The number of nitrogens with two attached hydrogens (primary N) is 1. The Morgan fingerprint density at radius 2 is 1.82 bits per heavy atom. The van der Waals surface area contributed by atoms with E-state index in [1.54, 1.807) is 14.2 Å². The number of nitrogens with zero attached hydrogens (tertiary/aromatic N) is 1. The molecule has 6 heteroatoms. The number of ether oxygens (including phenoxy) is 2. The van der Waals surface area contributed by atoms with Gasteiger partial charge in [-0.3, -0.25) is 4.90 Å². The molecule has 0 radical (unpaired) electrons. The highest BCUT2D eigenvalue weighted by molar-refractivity contribution is 5.49.